The Bertz CT molecular complexity index is 226. The third-order valence-electron chi connectivity index (χ3n) is 3.09. The Morgan fingerprint density at radius 2 is 2.33 bits per heavy atom. The van der Waals surface area contributed by atoms with E-state index in [9.17, 15) is 4.79 Å². The highest BCUT2D eigenvalue weighted by molar-refractivity contribution is 5.84. The quantitative estimate of drug-likeness (QED) is 0.635. The Morgan fingerprint density at radius 1 is 1.75 bits per heavy atom. The van der Waals surface area contributed by atoms with Crippen molar-refractivity contribution in [3.63, 3.8) is 0 Å². The maximum absolute atomic E-state index is 11.3. The summed E-state index contributed by atoms with van der Waals surface area (Å²) < 4.78 is 0. The molecule has 0 aromatic heterocycles. The molecular weight excluding hydrogens is 152 g/mol. The fraction of sp³-hybridized carbons (Fsp3) is 0.700. The molecule has 0 saturated heterocycles. The molecule has 0 amide bonds. The zero-order valence-electron chi connectivity index (χ0n) is 7.92. The van der Waals surface area contributed by atoms with Crippen molar-refractivity contribution in [1.29, 1.82) is 0 Å². The molecule has 0 heterocycles. The van der Waals surface area contributed by atoms with Crippen molar-refractivity contribution < 1.29 is 9.90 Å². The number of carbonyl (C=O) groups is 1. The van der Waals surface area contributed by atoms with Crippen LogP contribution in [0, 0.1) is 11.3 Å². The molecule has 0 aromatic carbocycles. The summed E-state index contributed by atoms with van der Waals surface area (Å²) in [7, 11) is 0. The van der Waals surface area contributed by atoms with E-state index in [0.717, 1.165) is 6.42 Å². The Kier molecular flexibility index (Phi) is 2.38. The van der Waals surface area contributed by atoms with Gasteiger partial charge in [-0.25, -0.2) is 0 Å². The topological polar surface area (TPSA) is 37.3 Å². The molecule has 1 aliphatic carbocycles. The second-order valence-corrected chi connectivity index (χ2v) is 4.02. The first-order chi connectivity index (χ1) is 5.50. The van der Waals surface area contributed by atoms with Gasteiger partial charge in [-0.1, -0.05) is 25.5 Å². The molecule has 0 bridgehead atoms. The van der Waals surface area contributed by atoms with Gasteiger partial charge >= 0.3 is 0 Å². The number of carbonyl (C=O) groups excluding carboxylic acids is 1. The van der Waals surface area contributed by atoms with E-state index in [0.29, 0.717) is 0 Å². The van der Waals surface area contributed by atoms with Crippen molar-refractivity contribution in [2.75, 3.05) is 6.61 Å². The summed E-state index contributed by atoms with van der Waals surface area (Å²) in [4.78, 5) is 11.3. The van der Waals surface area contributed by atoms with E-state index >= 15 is 0 Å². The first-order valence-corrected chi connectivity index (χ1v) is 4.31. The third kappa shape index (κ3) is 1.31. The number of hydrogen-bond donors (Lipinski definition) is 1. The Balaban J connectivity index is 2.80. The summed E-state index contributed by atoms with van der Waals surface area (Å²) in [5.41, 5.74) is 1.20. The van der Waals surface area contributed by atoms with Gasteiger partial charge in [0.15, 0.2) is 5.78 Å². The molecule has 2 nitrogen and oxygen atoms in total. The predicted octanol–water partition coefficient (Wildman–Crippen LogP) is 1.54. The molecule has 0 aliphatic heterocycles. The summed E-state index contributed by atoms with van der Waals surface area (Å²) in [6.07, 6.45) is 2.89. The summed E-state index contributed by atoms with van der Waals surface area (Å²) in [5, 5.41) is 8.74. The summed E-state index contributed by atoms with van der Waals surface area (Å²) in [6, 6.07) is 0. The Morgan fingerprint density at radius 3 is 2.67 bits per heavy atom. The van der Waals surface area contributed by atoms with Crippen LogP contribution in [0.2, 0.25) is 0 Å². The fourth-order valence-electron chi connectivity index (χ4n) is 1.77. The minimum atomic E-state index is -0.324. The maximum atomic E-state index is 11.3. The second kappa shape index (κ2) is 3.02. The number of rotatable bonds is 2. The number of Topliss-reactive ketones (excluding diaryl/α,β-unsaturated/α-hetero) is 1. The normalized spacial score (nSPS) is 27.0. The maximum Gasteiger partial charge on any atom is 0.162 e. The van der Waals surface area contributed by atoms with Crippen molar-refractivity contribution in [3.05, 3.63) is 11.6 Å². The van der Waals surface area contributed by atoms with Gasteiger partial charge in [-0.3, -0.25) is 4.79 Å². The Labute approximate surface area is 73.3 Å². The molecular formula is C10H16O2. The number of aliphatic hydroxyl groups excluding tert-OH is 1. The number of ketones is 1. The molecule has 1 N–H and O–H groups in total. The second-order valence-electron chi connectivity index (χ2n) is 4.02. The monoisotopic (exact) mass is 168 g/mol. The van der Waals surface area contributed by atoms with Gasteiger partial charge in [-0.15, -0.1) is 0 Å². The molecule has 0 fully saturated rings. The van der Waals surface area contributed by atoms with Crippen LogP contribution in [0.5, 0.6) is 0 Å². The lowest BCUT2D eigenvalue weighted by Crippen LogP contribution is -2.29. The molecule has 0 aromatic rings. The van der Waals surface area contributed by atoms with Gasteiger partial charge in [0, 0.05) is 5.92 Å². The van der Waals surface area contributed by atoms with E-state index in [-0.39, 0.29) is 23.7 Å². The van der Waals surface area contributed by atoms with E-state index < -0.39 is 0 Å². The van der Waals surface area contributed by atoms with Crippen molar-refractivity contribution in [3.8, 4) is 0 Å². The number of allylic oxidation sites excluding steroid dienone is 2. The van der Waals surface area contributed by atoms with Crippen LogP contribution in [0.4, 0.5) is 0 Å². The lowest BCUT2D eigenvalue weighted by Gasteiger charge is -2.27. The van der Waals surface area contributed by atoms with Gasteiger partial charge in [-0.2, -0.15) is 0 Å². The van der Waals surface area contributed by atoms with Crippen LogP contribution in [0.3, 0.4) is 0 Å². The highest BCUT2D eigenvalue weighted by atomic mass is 16.3. The van der Waals surface area contributed by atoms with Gasteiger partial charge in [0.2, 0.25) is 0 Å². The van der Waals surface area contributed by atoms with Crippen LogP contribution in [-0.4, -0.2) is 17.5 Å². The van der Waals surface area contributed by atoms with E-state index in [1.54, 1.807) is 0 Å². The first kappa shape index (κ1) is 9.46. The average molecular weight is 168 g/mol. The third-order valence-corrected chi connectivity index (χ3v) is 3.09. The Hall–Kier alpha value is -0.630. The van der Waals surface area contributed by atoms with Gasteiger partial charge < -0.3 is 5.11 Å². The molecule has 0 radical (unpaired) electrons. The van der Waals surface area contributed by atoms with Gasteiger partial charge in [-0.05, 0) is 18.8 Å². The minimum Gasteiger partial charge on any atom is -0.389 e. The summed E-state index contributed by atoms with van der Waals surface area (Å²) in [6.45, 7) is 5.84. The highest BCUT2D eigenvalue weighted by Crippen LogP contribution is 2.43. The van der Waals surface area contributed by atoms with Crippen molar-refractivity contribution >= 4 is 5.78 Å². The number of hydrogen-bond acceptors (Lipinski definition) is 2. The van der Waals surface area contributed by atoms with Gasteiger partial charge in [0.25, 0.3) is 0 Å². The van der Waals surface area contributed by atoms with Crippen LogP contribution in [0.1, 0.15) is 27.2 Å². The largest absolute Gasteiger partial charge is 0.389 e. The van der Waals surface area contributed by atoms with E-state index in [1.807, 2.05) is 6.92 Å². The van der Waals surface area contributed by atoms with Crippen molar-refractivity contribution in [2.24, 2.45) is 11.3 Å². The van der Waals surface area contributed by atoms with E-state index in [2.05, 4.69) is 19.9 Å². The molecule has 2 heteroatoms. The smallest absolute Gasteiger partial charge is 0.162 e. The molecule has 0 saturated carbocycles. The average Bonchev–Trinajstić information content (AvgIpc) is 2.27. The standard InChI is InChI=1S/C10H16O2/c1-7-4-5-8(9(12)6-11)10(7,2)3/h4,8,11H,5-6H2,1-3H3. The lowest BCUT2D eigenvalue weighted by molar-refractivity contribution is -0.127. The molecule has 12 heavy (non-hydrogen) atoms. The highest BCUT2D eigenvalue weighted by Gasteiger charge is 2.38. The summed E-state index contributed by atoms with van der Waals surface area (Å²) in [5.74, 6) is -0.0457. The van der Waals surface area contributed by atoms with Gasteiger partial charge in [0.05, 0.1) is 0 Å². The zero-order valence-corrected chi connectivity index (χ0v) is 7.92. The van der Waals surface area contributed by atoms with Crippen LogP contribution >= 0.6 is 0 Å². The van der Waals surface area contributed by atoms with Crippen LogP contribution in [0.25, 0.3) is 0 Å². The van der Waals surface area contributed by atoms with Crippen molar-refractivity contribution in [2.45, 2.75) is 27.2 Å². The number of aliphatic hydroxyl groups is 1. The summed E-state index contributed by atoms with van der Waals surface area (Å²) >= 11 is 0. The lowest BCUT2D eigenvalue weighted by atomic mass is 9.76. The molecule has 1 unspecified atom stereocenters. The van der Waals surface area contributed by atoms with Crippen LogP contribution in [0.15, 0.2) is 11.6 Å². The first-order valence-electron chi connectivity index (χ1n) is 4.31. The van der Waals surface area contributed by atoms with Crippen LogP contribution in [-0.2, 0) is 4.79 Å². The molecule has 1 rings (SSSR count). The molecule has 0 spiro atoms. The zero-order chi connectivity index (χ0) is 9.35. The van der Waals surface area contributed by atoms with Gasteiger partial charge in [0.1, 0.15) is 6.61 Å². The van der Waals surface area contributed by atoms with E-state index in [1.165, 1.54) is 5.57 Å². The predicted molar refractivity (Wildman–Crippen MR) is 47.7 cm³/mol. The van der Waals surface area contributed by atoms with Crippen molar-refractivity contribution in [1.82, 2.24) is 0 Å². The molecule has 1 atom stereocenters. The molecule has 1 aliphatic rings. The SMILES string of the molecule is CC1=CCC(C(=O)CO)C1(C)C. The molecule has 68 valence electrons. The van der Waals surface area contributed by atoms with E-state index in [4.69, 9.17) is 5.11 Å². The van der Waals surface area contributed by atoms with Crippen LogP contribution < -0.4 is 0 Å². The minimum absolute atomic E-state index is 0.0116. The fourth-order valence-corrected chi connectivity index (χ4v) is 1.77.